The van der Waals surface area contributed by atoms with Gasteiger partial charge in [0.1, 0.15) is 0 Å². The van der Waals surface area contributed by atoms with Crippen molar-refractivity contribution in [3.05, 3.63) is 198 Å². The molecule has 0 atom stereocenters. The molecule has 0 bridgehead atoms. The van der Waals surface area contributed by atoms with Gasteiger partial charge >= 0.3 is 0 Å². The Morgan fingerprint density at radius 2 is 0.913 bits per heavy atom. The van der Waals surface area contributed by atoms with E-state index in [-0.39, 0.29) is 0 Å². The molecule has 0 saturated heterocycles. The highest BCUT2D eigenvalue weighted by Crippen LogP contribution is 2.65. The SMILES string of the molecule is c1ccc(-c2ccc(N3c4ccccc4C4(c5ccccc5N5Cc6ccccc6-c6cccc4c65)c4ccccc43)cc2)cc1. The topological polar surface area (TPSA) is 6.48 Å². The monoisotopic (exact) mass is 586 g/mol. The Morgan fingerprint density at radius 3 is 1.63 bits per heavy atom. The molecule has 7 aromatic carbocycles. The molecule has 0 N–H and O–H groups in total. The third-order valence-corrected chi connectivity index (χ3v) is 10.3. The zero-order valence-electron chi connectivity index (χ0n) is 25.3. The Labute approximate surface area is 269 Å². The first-order valence-corrected chi connectivity index (χ1v) is 16.1. The number of hydrogen-bond acceptors (Lipinski definition) is 2. The number of fused-ring (bicyclic) bond motifs is 10. The first kappa shape index (κ1) is 25.5. The van der Waals surface area contributed by atoms with E-state index in [4.69, 9.17) is 0 Å². The average Bonchev–Trinajstić information content (AvgIpc) is 3.14. The summed E-state index contributed by atoms with van der Waals surface area (Å²) in [6.45, 7) is 0.858. The van der Waals surface area contributed by atoms with Gasteiger partial charge in [-0.05, 0) is 74.8 Å². The lowest BCUT2D eigenvalue weighted by Crippen LogP contribution is -2.43. The Bertz CT molecular complexity index is 2250. The van der Waals surface area contributed by atoms with Gasteiger partial charge in [0.2, 0.25) is 0 Å². The van der Waals surface area contributed by atoms with Crippen molar-refractivity contribution in [1.29, 1.82) is 0 Å². The third kappa shape index (κ3) is 3.31. The van der Waals surface area contributed by atoms with Crippen LogP contribution in [-0.4, -0.2) is 0 Å². The van der Waals surface area contributed by atoms with Gasteiger partial charge in [-0.3, -0.25) is 0 Å². The van der Waals surface area contributed by atoms with Crippen LogP contribution in [0, 0.1) is 0 Å². The van der Waals surface area contributed by atoms with Crippen molar-refractivity contribution in [2.75, 3.05) is 9.80 Å². The smallest absolute Gasteiger partial charge is 0.0782 e. The molecule has 0 saturated carbocycles. The Morgan fingerprint density at radius 1 is 0.391 bits per heavy atom. The van der Waals surface area contributed by atoms with Gasteiger partial charge in [0, 0.05) is 23.5 Å². The van der Waals surface area contributed by atoms with Crippen molar-refractivity contribution >= 4 is 28.4 Å². The summed E-state index contributed by atoms with van der Waals surface area (Å²) in [6, 6.07) is 62.8. The fourth-order valence-corrected chi connectivity index (χ4v) is 8.44. The fraction of sp³-hybridized carbons (Fsp3) is 0.0455. The molecule has 10 rings (SSSR count). The van der Waals surface area contributed by atoms with Crippen LogP contribution in [-0.2, 0) is 12.0 Å². The maximum atomic E-state index is 2.56. The number of rotatable bonds is 2. The van der Waals surface area contributed by atoms with Crippen LogP contribution >= 0.6 is 0 Å². The third-order valence-electron chi connectivity index (χ3n) is 10.3. The molecule has 0 radical (unpaired) electrons. The normalized spacial score (nSPS) is 14.5. The largest absolute Gasteiger partial charge is 0.336 e. The average molecular weight is 587 g/mol. The van der Waals surface area contributed by atoms with Gasteiger partial charge in [-0.1, -0.05) is 140 Å². The summed E-state index contributed by atoms with van der Waals surface area (Å²) >= 11 is 0. The highest BCUT2D eigenvalue weighted by Gasteiger charge is 2.52. The summed E-state index contributed by atoms with van der Waals surface area (Å²) in [5.41, 5.74) is 17.4. The molecule has 0 aliphatic carbocycles. The summed E-state index contributed by atoms with van der Waals surface area (Å²) in [7, 11) is 0. The number of benzene rings is 7. The van der Waals surface area contributed by atoms with E-state index in [9.17, 15) is 0 Å². The van der Waals surface area contributed by atoms with Crippen LogP contribution in [0.25, 0.3) is 22.3 Å². The molecule has 3 aliphatic heterocycles. The molecule has 1 spiro atoms. The zero-order valence-corrected chi connectivity index (χ0v) is 25.3. The minimum absolute atomic E-state index is 0.488. The summed E-state index contributed by atoms with van der Waals surface area (Å²) in [5.74, 6) is 0. The van der Waals surface area contributed by atoms with Crippen molar-refractivity contribution in [1.82, 2.24) is 0 Å². The quantitative estimate of drug-likeness (QED) is 0.199. The van der Waals surface area contributed by atoms with E-state index in [2.05, 4.69) is 180 Å². The maximum absolute atomic E-state index is 2.56. The van der Waals surface area contributed by atoms with Crippen LogP contribution in [0.4, 0.5) is 28.4 Å². The van der Waals surface area contributed by atoms with Crippen LogP contribution in [0.15, 0.2) is 170 Å². The van der Waals surface area contributed by atoms with Crippen LogP contribution < -0.4 is 9.80 Å². The van der Waals surface area contributed by atoms with Crippen molar-refractivity contribution in [3.63, 3.8) is 0 Å². The first-order valence-electron chi connectivity index (χ1n) is 16.1. The molecular weight excluding hydrogens is 556 g/mol. The molecule has 0 aromatic heterocycles. The molecule has 0 amide bonds. The van der Waals surface area contributed by atoms with Gasteiger partial charge in [0.05, 0.1) is 22.5 Å². The highest BCUT2D eigenvalue weighted by atomic mass is 15.2. The zero-order chi connectivity index (χ0) is 30.2. The predicted octanol–water partition coefficient (Wildman–Crippen LogP) is 11.2. The summed E-state index contributed by atoms with van der Waals surface area (Å²) in [5, 5.41) is 0. The Balaban J connectivity index is 1.27. The molecule has 2 nitrogen and oxygen atoms in total. The minimum Gasteiger partial charge on any atom is -0.336 e. The molecule has 2 heteroatoms. The van der Waals surface area contributed by atoms with Gasteiger partial charge in [0.25, 0.3) is 0 Å². The van der Waals surface area contributed by atoms with Gasteiger partial charge in [0.15, 0.2) is 0 Å². The second kappa shape index (κ2) is 9.57. The van der Waals surface area contributed by atoms with Crippen molar-refractivity contribution in [2.24, 2.45) is 0 Å². The predicted molar refractivity (Wildman–Crippen MR) is 190 cm³/mol. The molecule has 3 aliphatic rings. The van der Waals surface area contributed by atoms with Crippen LogP contribution in [0.1, 0.15) is 27.8 Å². The fourth-order valence-electron chi connectivity index (χ4n) is 8.44. The maximum Gasteiger partial charge on any atom is 0.0782 e. The van der Waals surface area contributed by atoms with Crippen molar-refractivity contribution in [3.8, 4) is 22.3 Å². The highest BCUT2D eigenvalue weighted by molar-refractivity contribution is 5.99. The second-order valence-corrected chi connectivity index (χ2v) is 12.5. The van der Waals surface area contributed by atoms with E-state index in [1.807, 2.05) is 0 Å². The van der Waals surface area contributed by atoms with Gasteiger partial charge in [-0.15, -0.1) is 0 Å². The van der Waals surface area contributed by atoms with E-state index < -0.39 is 5.41 Å². The molecule has 46 heavy (non-hydrogen) atoms. The van der Waals surface area contributed by atoms with Crippen molar-refractivity contribution < 1.29 is 0 Å². The number of hydrogen-bond donors (Lipinski definition) is 0. The molecule has 0 unspecified atom stereocenters. The lowest BCUT2D eigenvalue weighted by Gasteiger charge is -2.52. The molecule has 3 heterocycles. The van der Waals surface area contributed by atoms with E-state index in [1.165, 1.54) is 72.8 Å². The standard InChI is InChI=1S/C44H30N2/c1-2-13-30(14-3-1)31-25-27-33(28-26-31)46-41-23-10-7-19-37(41)44(38-20-8-11-24-42(38)46)36-18-6-9-22-40(36)45-29-32-15-4-5-16-34(32)35-17-12-21-39(44)43(35)45/h1-28H,29H2. The summed E-state index contributed by atoms with van der Waals surface area (Å²) in [4.78, 5) is 5.03. The van der Waals surface area contributed by atoms with Crippen LogP contribution in [0.3, 0.4) is 0 Å². The van der Waals surface area contributed by atoms with Gasteiger partial charge < -0.3 is 9.80 Å². The molecule has 0 fully saturated rings. The lowest BCUT2D eigenvalue weighted by atomic mass is 9.59. The number of anilines is 5. The number of nitrogens with zero attached hydrogens (tertiary/aromatic N) is 2. The Hall–Kier alpha value is -5.86. The lowest BCUT2D eigenvalue weighted by molar-refractivity contribution is 0.703. The van der Waals surface area contributed by atoms with E-state index in [1.54, 1.807) is 0 Å². The summed E-state index contributed by atoms with van der Waals surface area (Å²) in [6.07, 6.45) is 0. The second-order valence-electron chi connectivity index (χ2n) is 12.5. The minimum atomic E-state index is -0.488. The molecular formula is C44H30N2. The van der Waals surface area contributed by atoms with E-state index in [0.717, 1.165) is 12.2 Å². The van der Waals surface area contributed by atoms with Crippen molar-refractivity contribution in [2.45, 2.75) is 12.0 Å². The molecule has 7 aromatic rings. The van der Waals surface area contributed by atoms with E-state index >= 15 is 0 Å². The Kier molecular flexibility index (Phi) is 5.30. The van der Waals surface area contributed by atoms with Gasteiger partial charge in [-0.2, -0.15) is 0 Å². The van der Waals surface area contributed by atoms with Crippen LogP contribution in [0.5, 0.6) is 0 Å². The summed E-state index contributed by atoms with van der Waals surface area (Å²) < 4.78 is 0. The molecule has 216 valence electrons. The number of para-hydroxylation sites is 4. The van der Waals surface area contributed by atoms with Gasteiger partial charge in [-0.25, -0.2) is 0 Å². The first-order chi connectivity index (χ1) is 22.8. The van der Waals surface area contributed by atoms with E-state index in [0.29, 0.717) is 0 Å². The van der Waals surface area contributed by atoms with Crippen LogP contribution in [0.2, 0.25) is 0 Å².